The van der Waals surface area contributed by atoms with Crippen LogP contribution in [0.4, 0.5) is 4.39 Å². The number of thiazole rings is 1. The van der Waals surface area contributed by atoms with E-state index in [2.05, 4.69) is 10.9 Å². The van der Waals surface area contributed by atoms with Crippen LogP contribution in [0.15, 0.2) is 47.5 Å². The molecule has 1 amide bonds. The van der Waals surface area contributed by atoms with Crippen molar-refractivity contribution in [1.82, 2.24) is 4.57 Å². The number of benzene rings is 2. The SMILES string of the molecule is C#CCn1c(=NC(=O)c2ccc(C)cc2)sc2cc(F)ccc21. The Balaban J connectivity index is 2.14. The Labute approximate surface area is 136 Å². The fraction of sp³-hybridized carbons (Fsp3) is 0.111. The second-order valence-electron chi connectivity index (χ2n) is 5.07. The van der Waals surface area contributed by atoms with Gasteiger partial charge in [-0.2, -0.15) is 4.99 Å². The van der Waals surface area contributed by atoms with Gasteiger partial charge in [0.15, 0.2) is 4.80 Å². The normalized spacial score (nSPS) is 11.6. The van der Waals surface area contributed by atoms with Crippen molar-refractivity contribution in [2.75, 3.05) is 0 Å². The van der Waals surface area contributed by atoms with Gasteiger partial charge in [0.2, 0.25) is 0 Å². The lowest BCUT2D eigenvalue weighted by Gasteiger charge is -2.00. The van der Waals surface area contributed by atoms with Gasteiger partial charge < -0.3 is 4.57 Å². The fourth-order valence-corrected chi connectivity index (χ4v) is 3.28. The number of halogens is 1. The number of nitrogens with zero attached hydrogens (tertiary/aromatic N) is 2. The molecule has 2 aromatic carbocycles. The molecule has 0 N–H and O–H groups in total. The molecule has 0 aliphatic rings. The molecule has 0 saturated carbocycles. The minimum atomic E-state index is -0.345. The summed E-state index contributed by atoms with van der Waals surface area (Å²) in [6.07, 6.45) is 5.40. The number of amides is 1. The van der Waals surface area contributed by atoms with Gasteiger partial charge in [-0.1, -0.05) is 35.0 Å². The lowest BCUT2D eigenvalue weighted by Crippen LogP contribution is -2.16. The number of carbonyl (C=O) groups excluding carboxylic acids is 1. The minimum absolute atomic E-state index is 0.269. The molecular formula is C18H13FN2OS. The third-order valence-corrected chi connectivity index (χ3v) is 4.43. The van der Waals surface area contributed by atoms with E-state index in [9.17, 15) is 9.18 Å². The summed E-state index contributed by atoms with van der Waals surface area (Å²) < 4.78 is 15.8. The van der Waals surface area contributed by atoms with Crippen molar-refractivity contribution in [2.45, 2.75) is 13.5 Å². The summed E-state index contributed by atoms with van der Waals surface area (Å²) in [4.78, 5) is 17.0. The smallest absolute Gasteiger partial charge is 0.279 e. The van der Waals surface area contributed by atoms with Gasteiger partial charge in [0.25, 0.3) is 5.91 Å². The van der Waals surface area contributed by atoms with Crippen LogP contribution in [0, 0.1) is 25.1 Å². The highest BCUT2D eigenvalue weighted by Gasteiger charge is 2.09. The maximum atomic E-state index is 13.4. The van der Waals surface area contributed by atoms with E-state index in [0.29, 0.717) is 15.1 Å². The van der Waals surface area contributed by atoms with Crippen LogP contribution in [-0.4, -0.2) is 10.5 Å². The zero-order valence-electron chi connectivity index (χ0n) is 12.4. The van der Waals surface area contributed by atoms with Crippen molar-refractivity contribution in [3.63, 3.8) is 0 Å². The first-order chi connectivity index (χ1) is 11.1. The van der Waals surface area contributed by atoms with Crippen molar-refractivity contribution in [2.24, 2.45) is 4.99 Å². The first-order valence-corrected chi connectivity index (χ1v) is 7.78. The predicted octanol–water partition coefficient (Wildman–Crippen LogP) is 3.52. The second kappa shape index (κ2) is 6.19. The second-order valence-corrected chi connectivity index (χ2v) is 6.08. The quantitative estimate of drug-likeness (QED) is 0.664. The molecule has 5 heteroatoms. The summed E-state index contributed by atoms with van der Waals surface area (Å²) in [5, 5.41) is 0. The van der Waals surface area contributed by atoms with Gasteiger partial charge in [0.1, 0.15) is 5.82 Å². The minimum Gasteiger partial charge on any atom is -0.305 e. The number of aryl methyl sites for hydroxylation is 1. The largest absolute Gasteiger partial charge is 0.305 e. The number of rotatable bonds is 2. The molecule has 114 valence electrons. The van der Waals surface area contributed by atoms with Crippen molar-refractivity contribution in [3.05, 3.63) is 64.2 Å². The number of aromatic nitrogens is 1. The Morgan fingerprint density at radius 3 is 2.74 bits per heavy atom. The molecule has 0 aliphatic heterocycles. The van der Waals surface area contributed by atoms with Crippen LogP contribution < -0.4 is 4.80 Å². The van der Waals surface area contributed by atoms with E-state index in [0.717, 1.165) is 11.1 Å². The molecule has 0 saturated heterocycles. The molecule has 0 bridgehead atoms. The monoisotopic (exact) mass is 324 g/mol. The number of hydrogen-bond donors (Lipinski definition) is 0. The summed E-state index contributed by atoms with van der Waals surface area (Å²) in [5.41, 5.74) is 2.34. The van der Waals surface area contributed by atoms with Crippen LogP contribution in [-0.2, 0) is 6.54 Å². The predicted molar refractivity (Wildman–Crippen MR) is 89.7 cm³/mol. The molecule has 0 radical (unpaired) electrons. The number of terminal acetylenes is 1. The van der Waals surface area contributed by atoms with Gasteiger partial charge >= 0.3 is 0 Å². The van der Waals surface area contributed by atoms with Crippen LogP contribution in [0.5, 0.6) is 0 Å². The molecule has 0 aliphatic carbocycles. The Bertz CT molecular complexity index is 991. The molecule has 23 heavy (non-hydrogen) atoms. The van der Waals surface area contributed by atoms with E-state index in [4.69, 9.17) is 6.42 Å². The molecule has 0 spiro atoms. The Morgan fingerprint density at radius 1 is 1.30 bits per heavy atom. The van der Waals surface area contributed by atoms with Crippen molar-refractivity contribution in [1.29, 1.82) is 0 Å². The van der Waals surface area contributed by atoms with Crippen LogP contribution in [0.2, 0.25) is 0 Å². The Morgan fingerprint density at radius 2 is 2.04 bits per heavy atom. The first-order valence-electron chi connectivity index (χ1n) is 6.96. The standard InChI is InChI=1S/C18H13FN2OS/c1-3-10-21-15-9-8-14(19)11-16(15)23-18(21)20-17(22)13-6-4-12(2)5-7-13/h1,4-9,11H,10H2,2H3. The van der Waals surface area contributed by atoms with E-state index in [-0.39, 0.29) is 18.3 Å². The summed E-state index contributed by atoms with van der Waals surface area (Å²) >= 11 is 1.24. The topological polar surface area (TPSA) is 34.4 Å². The van der Waals surface area contributed by atoms with E-state index >= 15 is 0 Å². The van der Waals surface area contributed by atoms with Crippen molar-refractivity contribution in [3.8, 4) is 12.3 Å². The zero-order chi connectivity index (χ0) is 16.4. The zero-order valence-corrected chi connectivity index (χ0v) is 13.2. The number of fused-ring (bicyclic) bond motifs is 1. The fourth-order valence-electron chi connectivity index (χ4n) is 2.22. The maximum absolute atomic E-state index is 13.4. The molecular weight excluding hydrogens is 311 g/mol. The molecule has 3 nitrogen and oxygen atoms in total. The van der Waals surface area contributed by atoms with Crippen LogP contribution >= 0.6 is 11.3 Å². The first kappa shape index (κ1) is 15.2. The molecule has 1 aromatic heterocycles. The van der Waals surface area contributed by atoms with Gasteiger partial charge in [-0.3, -0.25) is 4.79 Å². The molecule has 3 aromatic rings. The molecule has 0 fully saturated rings. The Hall–Kier alpha value is -2.71. The highest BCUT2D eigenvalue weighted by atomic mass is 32.1. The molecule has 3 rings (SSSR count). The average Bonchev–Trinajstić information content (AvgIpc) is 2.85. The highest BCUT2D eigenvalue weighted by molar-refractivity contribution is 7.16. The molecule has 0 atom stereocenters. The van der Waals surface area contributed by atoms with Gasteiger partial charge in [-0.25, -0.2) is 4.39 Å². The highest BCUT2D eigenvalue weighted by Crippen LogP contribution is 2.18. The summed E-state index contributed by atoms with van der Waals surface area (Å²) in [6.45, 7) is 2.22. The summed E-state index contributed by atoms with van der Waals surface area (Å²) in [6, 6.07) is 11.6. The van der Waals surface area contributed by atoms with Gasteiger partial charge in [-0.05, 0) is 37.3 Å². The summed E-state index contributed by atoms with van der Waals surface area (Å²) in [5.74, 6) is 1.87. The van der Waals surface area contributed by atoms with Gasteiger partial charge in [-0.15, -0.1) is 6.42 Å². The number of hydrogen-bond acceptors (Lipinski definition) is 2. The lowest BCUT2D eigenvalue weighted by molar-refractivity contribution is 0.0998. The lowest BCUT2D eigenvalue weighted by atomic mass is 10.1. The van der Waals surface area contributed by atoms with Crippen molar-refractivity contribution < 1.29 is 9.18 Å². The number of carbonyl (C=O) groups is 1. The van der Waals surface area contributed by atoms with Gasteiger partial charge in [0.05, 0.1) is 16.8 Å². The van der Waals surface area contributed by atoms with E-state index in [1.807, 2.05) is 19.1 Å². The van der Waals surface area contributed by atoms with Crippen LogP contribution in [0.25, 0.3) is 10.2 Å². The molecule has 0 unspecified atom stereocenters. The van der Waals surface area contributed by atoms with E-state index < -0.39 is 0 Å². The van der Waals surface area contributed by atoms with Crippen molar-refractivity contribution >= 4 is 27.5 Å². The third-order valence-electron chi connectivity index (χ3n) is 3.39. The van der Waals surface area contributed by atoms with Crippen LogP contribution in [0.3, 0.4) is 0 Å². The van der Waals surface area contributed by atoms with Gasteiger partial charge in [0, 0.05) is 5.56 Å². The summed E-state index contributed by atoms with van der Waals surface area (Å²) in [7, 11) is 0. The van der Waals surface area contributed by atoms with E-state index in [1.165, 1.54) is 23.5 Å². The third kappa shape index (κ3) is 3.08. The van der Waals surface area contributed by atoms with Crippen LogP contribution in [0.1, 0.15) is 15.9 Å². The Kier molecular flexibility index (Phi) is 4.09. The maximum Gasteiger partial charge on any atom is 0.279 e. The average molecular weight is 324 g/mol. The molecule has 1 heterocycles. The van der Waals surface area contributed by atoms with E-state index in [1.54, 1.807) is 22.8 Å².